The van der Waals surface area contributed by atoms with Gasteiger partial charge in [-0.3, -0.25) is 4.90 Å². The monoisotopic (exact) mass is 268 g/mol. The number of carbonyl (C=O) groups excluding carboxylic acids is 1. The molecule has 1 aromatic rings. The highest BCUT2D eigenvalue weighted by molar-refractivity contribution is 5.85. The Labute approximate surface area is 112 Å². The molecule has 0 atom stereocenters. The van der Waals surface area contributed by atoms with Crippen LogP contribution in [0.5, 0.6) is 0 Å². The molecule has 0 spiro atoms. The van der Waals surface area contributed by atoms with Crippen molar-refractivity contribution in [2.24, 2.45) is 0 Å². The predicted molar refractivity (Wildman–Crippen MR) is 68.0 cm³/mol. The Balaban J connectivity index is 1.98. The molecule has 0 aliphatic carbocycles. The molecule has 0 radical (unpaired) electrons. The van der Waals surface area contributed by atoms with Crippen LogP contribution >= 0.6 is 0 Å². The predicted octanol–water partition coefficient (Wildman–Crippen LogP) is 0.0954. The number of hydrogen-bond donors (Lipinski definition) is 0. The van der Waals surface area contributed by atoms with Gasteiger partial charge in [-0.15, -0.1) is 10.2 Å². The minimum absolute atomic E-state index is 0.285. The summed E-state index contributed by atoms with van der Waals surface area (Å²) in [5.74, 6) is 0.606. The summed E-state index contributed by atoms with van der Waals surface area (Å²) in [5, 5.41) is 7.85. The molecule has 2 heterocycles. The molecule has 0 aromatic carbocycles. The average molecular weight is 268 g/mol. The van der Waals surface area contributed by atoms with E-state index in [4.69, 9.17) is 9.47 Å². The number of aryl methyl sites for hydroxylation is 1. The third kappa shape index (κ3) is 3.51. The van der Waals surface area contributed by atoms with E-state index in [0.717, 1.165) is 38.7 Å². The average Bonchev–Trinajstić information content (AvgIpc) is 2.79. The Hall–Kier alpha value is -1.47. The van der Waals surface area contributed by atoms with E-state index in [1.165, 1.54) is 0 Å². The fourth-order valence-electron chi connectivity index (χ4n) is 2.06. The van der Waals surface area contributed by atoms with Gasteiger partial charge in [0.2, 0.25) is 5.82 Å². The van der Waals surface area contributed by atoms with E-state index in [-0.39, 0.29) is 5.82 Å². The van der Waals surface area contributed by atoms with Gasteiger partial charge in [0, 0.05) is 26.2 Å². The van der Waals surface area contributed by atoms with Gasteiger partial charge in [-0.25, -0.2) is 4.79 Å². The Bertz CT molecular complexity index is 427. The number of aromatic nitrogens is 3. The molecule has 2 rings (SSSR count). The maximum Gasteiger partial charge on any atom is 0.376 e. The number of carbonyl (C=O) groups is 1. The van der Waals surface area contributed by atoms with Crippen LogP contribution in [0.4, 0.5) is 0 Å². The van der Waals surface area contributed by atoms with Crippen molar-refractivity contribution >= 4 is 5.97 Å². The molecule has 1 aromatic heterocycles. The molecule has 0 saturated carbocycles. The SMILES string of the molecule is CCOC(=O)c1nnc(C)n1CCN1CCOCC1. The fourth-order valence-corrected chi connectivity index (χ4v) is 2.06. The minimum atomic E-state index is -0.412. The Morgan fingerprint density at radius 3 is 2.74 bits per heavy atom. The summed E-state index contributed by atoms with van der Waals surface area (Å²) in [6, 6.07) is 0. The van der Waals surface area contributed by atoms with Gasteiger partial charge < -0.3 is 14.0 Å². The van der Waals surface area contributed by atoms with E-state index in [1.807, 2.05) is 11.5 Å². The molecule has 0 N–H and O–H groups in total. The lowest BCUT2D eigenvalue weighted by atomic mass is 10.4. The number of esters is 1. The topological polar surface area (TPSA) is 69.5 Å². The van der Waals surface area contributed by atoms with Crippen LogP contribution in [0.1, 0.15) is 23.4 Å². The van der Waals surface area contributed by atoms with E-state index in [0.29, 0.717) is 13.2 Å². The third-order valence-corrected chi connectivity index (χ3v) is 3.14. The standard InChI is InChI=1S/C12H20N4O3/c1-3-19-12(17)11-14-13-10(2)16(11)5-4-15-6-8-18-9-7-15/h3-9H2,1-2H3. The lowest BCUT2D eigenvalue weighted by Crippen LogP contribution is -2.38. The van der Waals surface area contributed by atoms with Crippen LogP contribution in [-0.2, 0) is 16.0 Å². The second-order valence-corrected chi connectivity index (χ2v) is 4.40. The van der Waals surface area contributed by atoms with Crippen molar-refractivity contribution in [1.29, 1.82) is 0 Å². The van der Waals surface area contributed by atoms with Crippen LogP contribution < -0.4 is 0 Å². The van der Waals surface area contributed by atoms with Gasteiger partial charge in [0.15, 0.2) is 0 Å². The van der Waals surface area contributed by atoms with Gasteiger partial charge in [-0.05, 0) is 13.8 Å². The van der Waals surface area contributed by atoms with Crippen molar-refractivity contribution in [2.45, 2.75) is 20.4 Å². The van der Waals surface area contributed by atoms with Gasteiger partial charge in [0.25, 0.3) is 0 Å². The molecule has 0 amide bonds. The Morgan fingerprint density at radius 2 is 2.05 bits per heavy atom. The first-order valence-electron chi connectivity index (χ1n) is 6.59. The molecule has 0 bridgehead atoms. The van der Waals surface area contributed by atoms with E-state index >= 15 is 0 Å². The number of morpholine rings is 1. The van der Waals surface area contributed by atoms with Crippen molar-refractivity contribution in [3.8, 4) is 0 Å². The number of hydrogen-bond acceptors (Lipinski definition) is 6. The summed E-state index contributed by atoms with van der Waals surface area (Å²) < 4.78 is 12.1. The Morgan fingerprint density at radius 1 is 1.32 bits per heavy atom. The quantitative estimate of drug-likeness (QED) is 0.705. The minimum Gasteiger partial charge on any atom is -0.460 e. The number of nitrogens with zero attached hydrogens (tertiary/aromatic N) is 4. The van der Waals surface area contributed by atoms with Crippen molar-refractivity contribution in [3.63, 3.8) is 0 Å². The number of rotatable bonds is 5. The van der Waals surface area contributed by atoms with Gasteiger partial charge >= 0.3 is 5.97 Å². The molecule has 7 nitrogen and oxygen atoms in total. The molecule has 106 valence electrons. The highest BCUT2D eigenvalue weighted by atomic mass is 16.5. The van der Waals surface area contributed by atoms with Crippen LogP contribution in [0.2, 0.25) is 0 Å². The smallest absolute Gasteiger partial charge is 0.376 e. The molecular weight excluding hydrogens is 248 g/mol. The van der Waals surface area contributed by atoms with Crippen LogP contribution in [0.15, 0.2) is 0 Å². The van der Waals surface area contributed by atoms with E-state index < -0.39 is 5.97 Å². The zero-order valence-corrected chi connectivity index (χ0v) is 11.5. The third-order valence-electron chi connectivity index (χ3n) is 3.14. The lowest BCUT2D eigenvalue weighted by Gasteiger charge is -2.26. The largest absolute Gasteiger partial charge is 0.460 e. The van der Waals surface area contributed by atoms with Crippen LogP contribution in [0.3, 0.4) is 0 Å². The first kappa shape index (κ1) is 14.0. The van der Waals surface area contributed by atoms with Crippen LogP contribution in [0.25, 0.3) is 0 Å². The molecule has 0 unspecified atom stereocenters. The maximum absolute atomic E-state index is 11.8. The molecule has 19 heavy (non-hydrogen) atoms. The van der Waals surface area contributed by atoms with E-state index in [1.54, 1.807) is 6.92 Å². The first-order chi connectivity index (χ1) is 9.22. The molecular formula is C12H20N4O3. The fraction of sp³-hybridized carbons (Fsp3) is 0.750. The summed E-state index contributed by atoms with van der Waals surface area (Å²) in [6.45, 7) is 8.90. The normalized spacial score (nSPS) is 16.5. The zero-order valence-electron chi connectivity index (χ0n) is 11.5. The lowest BCUT2D eigenvalue weighted by molar-refractivity contribution is 0.0356. The summed E-state index contributed by atoms with van der Waals surface area (Å²) in [4.78, 5) is 14.1. The second kappa shape index (κ2) is 6.63. The second-order valence-electron chi connectivity index (χ2n) is 4.40. The summed E-state index contributed by atoms with van der Waals surface area (Å²) in [5.41, 5.74) is 0. The summed E-state index contributed by atoms with van der Waals surface area (Å²) >= 11 is 0. The molecule has 1 aliphatic heterocycles. The number of ether oxygens (including phenoxy) is 2. The summed E-state index contributed by atoms with van der Waals surface area (Å²) in [7, 11) is 0. The van der Waals surface area contributed by atoms with Gasteiger partial charge in [-0.1, -0.05) is 0 Å². The van der Waals surface area contributed by atoms with Gasteiger partial charge in [-0.2, -0.15) is 0 Å². The van der Waals surface area contributed by atoms with Crippen molar-refractivity contribution in [1.82, 2.24) is 19.7 Å². The molecule has 1 saturated heterocycles. The molecule has 7 heteroatoms. The van der Waals surface area contributed by atoms with E-state index in [9.17, 15) is 4.79 Å². The van der Waals surface area contributed by atoms with Crippen LogP contribution in [-0.4, -0.2) is 65.1 Å². The highest BCUT2D eigenvalue weighted by Crippen LogP contribution is 2.05. The van der Waals surface area contributed by atoms with Gasteiger partial charge in [0.05, 0.1) is 19.8 Å². The Kier molecular flexibility index (Phi) is 4.86. The zero-order chi connectivity index (χ0) is 13.7. The first-order valence-corrected chi connectivity index (χ1v) is 6.59. The molecule has 1 fully saturated rings. The van der Waals surface area contributed by atoms with Gasteiger partial charge in [0.1, 0.15) is 5.82 Å². The summed E-state index contributed by atoms with van der Waals surface area (Å²) in [6.07, 6.45) is 0. The van der Waals surface area contributed by atoms with Crippen LogP contribution in [0, 0.1) is 6.92 Å². The molecule has 1 aliphatic rings. The van der Waals surface area contributed by atoms with Crippen molar-refractivity contribution in [3.05, 3.63) is 11.6 Å². The van der Waals surface area contributed by atoms with Crippen molar-refractivity contribution in [2.75, 3.05) is 39.5 Å². The maximum atomic E-state index is 11.8. The van der Waals surface area contributed by atoms with E-state index in [2.05, 4.69) is 15.1 Å². The van der Waals surface area contributed by atoms with Crippen molar-refractivity contribution < 1.29 is 14.3 Å². The highest BCUT2D eigenvalue weighted by Gasteiger charge is 2.19.